The summed E-state index contributed by atoms with van der Waals surface area (Å²) in [5.74, 6) is 1.20. The average molecular weight is 282 g/mol. The van der Waals surface area contributed by atoms with Crippen molar-refractivity contribution in [1.29, 1.82) is 0 Å². The zero-order valence-corrected chi connectivity index (χ0v) is 12.1. The van der Waals surface area contributed by atoms with E-state index >= 15 is 0 Å². The molecule has 0 bridgehead atoms. The lowest BCUT2D eigenvalue weighted by Crippen LogP contribution is -2.31. The van der Waals surface area contributed by atoms with Crippen LogP contribution in [0.25, 0.3) is 0 Å². The second-order valence-electron chi connectivity index (χ2n) is 4.27. The molecule has 0 spiro atoms. The molecule has 2 aromatic heterocycles. The van der Waals surface area contributed by atoms with E-state index in [9.17, 15) is 0 Å². The monoisotopic (exact) mass is 281 g/mol. The Hall–Kier alpha value is -1.13. The molecule has 0 aliphatic carbocycles. The third kappa shape index (κ3) is 3.21. The smallest absolute Gasteiger partial charge is 0.225 e. The Morgan fingerprint density at radius 1 is 1.39 bits per heavy atom. The molecule has 5 heteroatoms. The molecule has 0 N–H and O–H groups in total. The number of rotatable bonds is 5. The minimum Gasteiger partial charge on any atom is -0.341 e. The molecule has 0 fully saturated rings. The van der Waals surface area contributed by atoms with Gasteiger partial charge in [0.15, 0.2) is 0 Å². The van der Waals surface area contributed by atoms with Gasteiger partial charge in [-0.05, 0) is 18.4 Å². The summed E-state index contributed by atoms with van der Waals surface area (Å²) < 4.78 is 0. The number of likely N-dealkylation sites (N-methyl/N-ethyl adjacent to an activating group) is 1. The van der Waals surface area contributed by atoms with Crippen molar-refractivity contribution in [3.05, 3.63) is 40.3 Å². The van der Waals surface area contributed by atoms with E-state index in [1.54, 1.807) is 23.7 Å². The van der Waals surface area contributed by atoms with E-state index in [-0.39, 0.29) is 0 Å². The Labute approximate surface area is 116 Å². The van der Waals surface area contributed by atoms with Crippen LogP contribution in [0.4, 0.5) is 5.95 Å². The van der Waals surface area contributed by atoms with Crippen molar-refractivity contribution in [2.24, 2.45) is 0 Å². The zero-order valence-electron chi connectivity index (χ0n) is 10.5. The van der Waals surface area contributed by atoms with Gasteiger partial charge in [0.25, 0.3) is 0 Å². The largest absolute Gasteiger partial charge is 0.341 e. The Balaban J connectivity index is 2.02. The fraction of sp³-hybridized carbons (Fsp3) is 0.385. The summed E-state index contributed by atoms with van der Waals surface area (Å²) in [6, 6.07) is 4.61. The van der Waals surface area contributed by atoms with E-state index < -0.39 is 0 Å². The normalized spacial score (nSPS) is 12.4. The Morgan fingerprint density at radius 2 is 2.11 bits per heavy atom. The maximum Gasteiger partial charge on any atom is 0.225 e. The van der Waals surface area contributed by atoms with Crippen LogP contribution >= 0.6 is 22.9 Å². The Morgan fingerprint density at radius 3 is 2.67 bits per heavy atom. The highest BCUT2D eigenvalue weighted by Gasteiger charge is 2.13. The molecule has 1 unspecified atom stereocenters. The number of thiophene rings is 1. The van der Waals surface area contributed by atoms with Gasteiger partial charge in [-0.2, -0.15) is 0 Å². The molecule has 0 amide bonds. The number of hydrogen-bond acceptors (Lipinski definition) is 4. The molecule has 1 atom stereocenters. The lowest BCUT2D eigenvalue weighted by Gasteiger charge is -2.24. The topological polar surface area (TPSA) is 29.0 Å². The number of anilines is 1. The summed E-state index contributed by atoms with van der Waals surface area (Å²) in [5, 5.41) is 2.10. The first-order valence-corrected chi connectivity index (χ1v) is 7.24. The van der Waals surface area contributed by atoms with Crippen molar-refractivity contribution in [1.82, 2.24) is 9.97 Å². The van der Waals surface area contributed by atoms with Gasteiger partial charge < -0.3 is 4.90 Å². The molecule has 0 saturated carbocycles. The van der Waals surface area contributed by atoms with Gasteiger partial charge in [-0.1, -0.05) is 6.07 Å². The molecule has 18 heavy (non-hydrogen) atoms. The van der Waals surface area contributed by atoms with Gasteiger partial charge in [0, 0.05) is 42.3 Å². The molecular formula is C13H16ClN3S. The van der Waals surface area contributed by atoms with E-state index in [0.29, 0.717) is 11.9 Å². The summed E-state index contributed by atoms with van der Waals surface area (Å²) in [6.45, 7) is 2.18. The number of nitrogens with zero attached hydrogens (tertiary/aromatic N) is 3. The number of alkyl halides is 1. The lowest BCUT2D eigenvalue weighted by atomic mass is 10.2. The van der Waals surface area contributed by atoms with Gasteiger partial charge in [0.05, 0.1) is 5.88 Å². The van der Waals surface area contributed by atoms with Crippen LogP contribution in [0.15, 0.2) is 29.9 Å². The molecule has 2 heterocycles. The maximum absolute atomic E-state index is 5.72. The second kappa shape index (κ2) is 6.16. The van der Waals surface area contributed by atoms with Crippen molar-refractivity contribution < 1.29 is 0 Å². The lowest BCUT2D eigenvalue weighted by molar-refractivity contribution is 0.670. The first-order chi connectivity index (χ1) is 8.70. The number of halogens is 1. The van der Waals surface area contributed by atoms with Gasteiger partial charge in [0.1, 0.15) is 0 Å². The van der Waals surface area contributed by atoms with E-state index in [0.717, 1.165) is 17.9 Å². The quantitative estimate of drug-likeness (QED) is 0.787. The van der Waals surface area contributed by atoms with Crippen LogP contribution < -0.4 is 4.90 Å². The van der Waals surface area contributed by atoms with Crippen LogP contribution in [-0.4, -0.2) is 23.1 Å². The van der Waals surface area contributed by atoms with Crippen molar-refractivity contribution in [2.75, 3.05) is 11.9 Å². The van der Waals surface area contributed by atoms with Crippen LogP contribution in [-0.2, 0) is 12.3 Å². The zero-order chi connectivity index (χ0) is 13.0. The van der Waals surface area contributed by atoms with Crippen LogP contribution in [0.1, 0.15) is 17.4 Å². The van der Waals surface area contributed by atoms with Gasteiger partial charge in [0.2, 0.25) is 5.95 Å². The van der Waals surface area contributed by atoms with Gasteiger partial charge in [-0.25, -0.2) is 9.97 Å². The number of aromatic nitrogens is 2. The first kappa shape index (κ1) is 13.3. The summed E-state index contributed by atoms with van der Waals surface area (Å²) in [6.07, 6.45) is 4.57. The van der Waals surface area contributed by atoms with Gasteiger partial charge in [-0.3, -0.25) is 0 Å². The summed E-state index contributed by atoms with van der Waals surface area (Å²) in [4.78, 5) is 12.1. The van der Waals surface area contributed by atoms with Crippen molar-refractivity contribution in [3.8, 4) is 0 Å². The molecule has 0 saturated heterocycles. The highest BCUT2D eigenvalue weighted by atomic mass is 35.5. The molecule has 0 aromatic carbocycles. The van der Waals surface area contributed by atoms with Gasteiger partial charge >= 0.3 is 0 Å². The first-order valence-electron chi connectivity index (χ1n) is 5.83. The summed E-state index contributed by atoms with van der Waals surface area (Å²) in [5.41, 5.74) is 0.944. The van der Waals surface area contributed by atoms with Crippen molar-refractivity contribution >= 4 is 28.9 Å². The third-order valence-corrected chi connectivity index (χ3v) is 4.11. The fourth-order valence-corrected chi connectivity index (χ4v) is 2.62. The third-order valence-electron chi connectivity index (χ3n) is 2.90. The molecule has 2 rings (SSSR count). The minimum atomic E-state index is 0.366. The molecular weight excluding hydrogens is 266 g/mol. The standard InChI is InChI=1S/C13H16ClN3S/c1-10(6-12-4-3-5-18-12)17(2)13-15-8-11(7-14)9-16-13/h3-5,8-10H,6-7H2,1-2H3. The predicted octanol–water partition coefficient (Wildman–Crippen LogP) is 3.34. The van der Waals surface area contributed by atoms with Crippen molar-refractivity contribution in [2.45, 2.75) is 25.3 Å². The minimum absolute atomic E-state index is 0.366. The van der Waals surface area contributed by atoms with E-state index in [1.807, 2.05) is 7.05 Å². The highest BCUT2D eigenvalue weighted by molar-refractivity contribution is 7.09. The number of hydrogen-bond donors (Lipinski definition) is 0. The van der Waals surface area contributed by atoms with Crippen LogP contribution in [0.2, 0.25) is 0 Å². The van der Waals surface area contributed by atoms with E-state index in [1.165, 1.54) is 4.88 Å². The van der Waals surface area contributed by atoms with E-state index in [2.05, 4.69) is 39.3 Å². The Kier molecular flexibility index (Phi) is 4.55. The highest BCUT2D eigenvalue weighted by Crippen LogP contribution is 2.16. The van der Waals surface area contributed by atoms with Crippen molar-refractivity contribution in [3.63, 3.8) is 0 Å². The molecule has 3 nitrogen and oxygen atoms in total. The maximum atomic E-state index is 5.72. The summed E-state index contributed by atoms with van der Waals surface area (Å²) >= 11 is 7.51. The van der Waals surface area contributed by atoms with Gasteiger partial charge in [-0.15, -0.1) is 22.9 Å². The second-order valence-corrected chi connectivity index (χ2v) is 5.57. The molecule has 0 radical (unpaired) electrons. The molecule has 2 aromatic rings. The predicted molar refractivity (Wildman–Crippen MR) is 77.5 cm³/mol. The fourth-order valence-electron chi connectivity index (χ4n) is 1.65. The average Bonchev–Trinajstić information content (AvgIpc) is 2.91. The Bertz CT molecular complexity index is 469. The molecule has 0 aliphatic rings. The molecule has 96 valence electrons. The van der Waals surface area contributed by atoms with E-state index in [4.69, 9.17) is 11.6 Å². The van der Waals surface area contributed by atoms with Crippen LogP contribution in [0, 0.1) is 0 Å². The van der Waals surface area contributed by atoms with Crippen LogP contribution in [0.5, 0.6) is 0 Å². The SMILES string of the molecule is CC(Cc1cccs1)N(C)c1ncc(CCl)cn1. The van der Waals surface area contributed by atoms with Crippen LogP contribution in [0.3, 0.4) is 0 Å². The summed E-state index contributed by atoms with van der Waals surface area (Å²) in [7, 11) is 2.02. The molecule has 0 aliphatic heterocycles.